The Morgan fingerprint density at radius 3 is 2.64 bits per heavy atom. The molecule has 0 radical (unpaired) electrons. The summed E-state index contributed by atoms with van der Waals surface area (Å²) < 4.78 is 0. The van der Waals surface area contributed by atoms with E-state index >= 15 is 0 Å². The SMILES string of the molecule is C/C(C#Cc1ccc(Cl)cc1)=C/CO. The van der Waals surface area contributed by atoms with Gasteiger partial charge < -0.3 is 5.11 Å². The molecule has 2 heteroatoms. The lowest BCUT2D eigenvalue weighted by atomic mass is 10.2. The third-order valence-corrected chi connectivity index (χ3v) is 1.90. The Balaban J connectivity index is 2.78. The number of hydrogen-bond acceptors (Lipinski definition) is 1. The number of hydrogen-bond donors (Lipinski definition) is 1. The predicted octanol–water partition coefficient (Wildman–Crippen LogP) is 2.63. The molecule has 14 heavy (non-hydrogen) atoms. The second-order valence-electron chi connectivity index (χ2n) is 2.83. The lowest BCUT2D eigenvalue weighted by Gasteiger charge is -1.90. The minimum absolute atomic E-state index is 0.0289. The largest absolute Gasteiger partial charge is 0.392 e. The first-order chi connectivity index (χ1) is 6.72. The van der Waals surface area contributed by atoms with Crippen LogP contribution in [0.3, 0.4) is 0 Å². The van der Waals surface area contributed by atoms with E-state index in [0.29, 0.717) is 5.02 Å². The Bertz CT molecular complexity index is 379. The monoisotopic (exact) mass is 206 g/mol. The fourth-order valence-corrected chi connectivity index (χ4v) is 1.02. The molecule has 1 N–H and O–H groups in total. The van der Waals surface area contributed by atoms with E-state index in [2.05, 4.69) is 11.8 Å². The number of aliphatic hydroxyl groups is 1. The summed E-state index contributed by atoms with van der Waals surface area (Å²) >= 11 is 5.73. The molecular weight excluding hydrogens is 196 g/mol. The van der Waals surface area contributed by atoms with Gasteiger partial charge in [0.25, 0.3) is 0 Å². The number of benzene rings is 1. The van der Waals surface area contributed by atoms with E-state index in [9.17, 15) is 0 Å². The van der Waals surface area contributed by atoms with Crippen molar-refractivity contribution in [3.8, 4) is 11.8 Å². The van der Waals surface area contributed by atoms with Crippen LogP contribution < -0.4 is 0 Å². The molecule has 0 amide bonds. The molecule has 0 aliphatic carbocycles. The Labute approximate surface area is 89.0 Å². The molecule has 0 saturated heterocycles. The highest BCUT2D eigenvalue weighted by Gasteiger charge is 1.87. The maximum Gasteiger partial charge on any atom is 0.0624 e. The number of allylic oxidation sites excluding steroid dienone is 1. The zero-order valence-electron chi connectivity index (χ0n) is 7.92. The van der Waals surface area contributed by atoms with Crippen molar-refractivity contribution in [1.29, 1.82) is 0 Å². The van der Waals surface area contributed by atoms with Gasteiger partial charge in [0.15, 0.2) is 0 Å². The maximum atomic E-state index is 8.61. The summed E-state index contributed by atoms with van der Waals surface area (Å²) in [5, 5.41) is 9.32. The van der Waals surface area contributed by atoms with Crippen LogP contribution in [-0.2, 0) is 0 Å². The fraction of sp³-hybridized carbons (Fsp3) is 0.167. The van der Waals surface area contributed by atoms with Gasteiger partial charge >= 0.3 is 0 Å². The minimum atomic E-state index is 0.0289. The molecule has 0 aliphatic rings. The maximum absolute atomic E-state index is 8.61. The van der Waals surface area contributed by atoms with Crippen LogP contribution >= 0.6 is 11.6 Å². The van der Waals surface area contributed by atoms with Gasteiger partial charge in [0.1, 0.15) is 0 Å². The van der Waals surface area contributed by atoms with Crippen LogP contribution in [0.5, 0.6) is 0 Å². The summed E-state index contributed by atoms with van der Waals surface area (Å²) in [7, 11) is 0. The van der Waals surface area contributed by atoms with E-state index < -0.39 is 0 Å². The van der Waals surface area contributed by atoms with Crippen molar-refractivity contribution >= 4 is 11.6 Å². The van der Waals surface area contributed by atoms with E-state index in [-0.39, 0.29) is 6.61 Å². The van der Waals surface area contributed by atoms with Crippen molar-refractivity contribution in [1.82, 2.24) is 0 Å². The first kappa shape index (κ1) is 10.8. The summed E-state index contributed by atoms with van der Waals surface area (Å²) in [6.45, 7) is 1.89. The zero-order chi connectivity index (χ0) is 10.4. The molecule has 0 heterocycles. The molecule has 0 saturated carbocycles. The van der Waals surface area contributed by atoms with Gasteiger partial charge in [-0.05, 0) is 42.8 Å². The molecule has 0 bridgehead atoms. The average Bonchev–Trinajstić information content (AvgIpc) is 2.17. The van der Waals surface area contributed by atoms with Crippen LogP contribution in [0.15, 0.2) is 35.9 Å². The van der Waals surface area contributed by atoms with E-state index in [0.717, 1.165) is 11.1 Å². The van der Waals surface area contributed by atoms with Crippen LogP contribution in [0.4, 0.5) is 0 Å². The van der Waals surface area contributed by atoms with Gasteiger partial charge in [0.05, 0.1) is 6.61 Å². The lowest BCUT2D eigenvalue weighted by Crippen LogP contribution is -1.77. The van der Waals surface area contributed by atoms with Crippen molar-refractivity contribution in [3.05, 3.63) is 46.5 Å². The van der Waals surface area contributed by atoms with Crippen LogP contribution in [0.1, 0.15) is 12.5 Å². The zero-order valence-corrected chi connectivity index (χ0v) is 8.67. The second-order valence-corrected chi connectivity index (χ2v) is 3.26. The summed E-state index contributed by atoms with van der Waals surface area (Å²) in [6, 6.07) is 7.33. The van der Waals surface area contributed by atoms with Crippen molar-refractivity contribution in [2.45, 2.75) is 6.92 Å². The molecule has 0 spiro atoms. The van der Waals surface area contributed by atoms with Gasteiger partial charge in [-0.15, -0.1) is 0 Å². The highest BCUT2D eigenvalue weighted by atomic mass is 35.5. The fourth-order valence-electron chi connectivity index (χ4n) is 0.892. The third-order valence-electron chi connectivity index (χ3n) is 1.65. The second kappa shape index (κ2) is 5.49. The molecule has 0 fully saturated rings. The molecule has 0 aromatic heterocycles. The number of rotatable bonds is 1. The van der Waals surface area contributed by atoms with Crippen molar-refractivity contribution in [2.75, 3.05) is 6.61 Å². The molecule has 1 rings (SSSR count). The topological polar surface area (TPSA) is 20.2 Å². The molecule has 0 aliphatic heterocycles. The molecule has 1 nitrogen and oxygen atoms in total. The Kier molecular flexibility index (Phi) is 4.25. The Hall–Kier alpha value is -1.23. The van der Waals surface area contributed by atoms with E-state index in [4.69, 9.17) is 16.7 Å². The molecule has 0 atom stereocenters. The summed E-state index contributed by atoms with van der Waals surface area (Å²) in [4.78, 5) is 0. The van der Waals surface area contributed by atoms with Gasteiger partial charge in [-0.3, -0.25) is 0 Å². The van der Waals surface area contributed by atoms with Crippen LogP contribution in [0.2, 0.25) is 5.02 Å². The average molecular weight is 207 g/mol. The van der Waals surface area contributed by atoms with Crippen LogP contribution in [0, 0.1) is 11.8 Å². The van der Waals surface area contributed by atoms with E-state index in [1.165, 1.54) is 0 Å². The highest BCUT2D eigenvalue weighted by Crippen LogP contribution is 2.08. The molecule has 72 valence electrons. The van der Waals surface area contributed by atoms with Gasteiger partial charge in [-0.2, -0.15) is 0 Å². The molecule has 0 unspecified atom stereocenters. The standard InChI is InChI=1S/C12H11ClO/c1-10(8-9-14)2-3-11-4-6-12(13)7-5-11/h4-8,14H,9H2,1H3/b10-8-. The number of aliphatic hydroxyl groups excluding tert-OH is 1. The quantitative estimate of drug-likeness (QED) is 0.701. The van der Waals surface area contributed by atoms with Gasteiger partial charge in [-0.1, -0.05) is 23.4 Å². The first-order valence-electron chi connectivity index (χ1n) is 4.27. The first-order valence-corrected chi connectivity index (χ1v) is 4.65. The van der Waals surface area contributed by atoms with Crippen molar-refractivity contribution in [2.24, 2.45) is 0 Å². The lowest BCUT2D eigenvalue weighted by molar-refractivity contribution is 0.342. The van der Waals surface area contributed by atoms with Crippen LogP contribution in [0.25, 0.3) is 0 Å². The summed E-state index contributed by atoms with van der Waals surface area (Å²) in [5.41, 5.74) is 1.78. The molecule has 1 aromatic carbocycles. The third kappa shape index (κ3) is 3.66. The van der Waals surface area contributed by atoms with Gasteiger partial charge in [-0.25, -0.2) is 0 Å². The van der Waals surface area contributed by atoms with Gasteiger partial charge in [0.2, 0.25) is 0 Å². The van der Waals surface area contributed by atoms with Crippen molar-refractivity contribution in [3.63, 3.8) is 0 Å². The minimum Gasteiger partial charge on any atom is -0.392 e. The summed E-state index contributed by atoms with van der Waals surface area (Å²) in [5.74, 6) is 5.90. The molecular formula is C12H11ClO. The van der Waals surface area contributed by atoms with E-state index in [1.54, 1.807) is 18.2 Å². The summed E-state index contributed by atoms with van der Waals surface area (Å²) in [6.07, 6.45) is 1.67. The number of halogens is 1. The van der Waals surface area contributed by atoms with Crippen molar-refractivity contribution < 1.29 is 5.11 Å². The Morgan fingerprint density at radius 1 is 1.43 bits per heavy atom. The molecule has 1 aromatic rings. The van der Waals surface area contributed by atoms with Crippen LogP contribution in [-0.4, -0.2) is 11.7 Å². The normalized spacial score (nSPS) is 10.6. The predicted molar refractivity (Wildman–Crippen MR) is 59.2 cm³/mol. The smallest absolute Gasteiger partial charge is 0.0624 e. The van der Waals surface area contributed by atoms with E-state index in [1.807, 2.05) is 19.1 Å². The van der Waals surface area contributed by atoms with Gasteiger partial charge in [0, 0.05) is 10.6 Å². The Morgan fingerprint density at radius 2 is 2.07 bits per heavy atom. The highest BCUT2D eigenvalue weighted by molar-refractivity contribution is 6.30.